The lowest BCUT2D eigenvalue weighted by molar-refractivity contribution is -0.115. The van der Waals surface area contributed by atoms with E-state index in [0.717, 1.165) is 28.5 Å². The summed E-state index contributed by atoms with van der Waals surface area (Å²) in [5.74, 6) is 2.63. The number of nitrogens with one attached hydrogen (secondary N) is 1. The zero-order valence-electron chi connectivity index (χ0n) is 19.3. The number of anilines is 1. The summed E-state index contributed by atoms with van der Waals surface area (Å²) in [6, 6.07) is 23.1. The quantitative estimate of drug-likeness (QED) is 0.355. The normalized spacial score (nSPS) is 12.9. The Labute approximate surface area is 207 Å². The fourth-order valence-electron chi connectivity index (χ4n) is 3.73. The lowest BCUT2D eigenvalue weighted by Crippen LogP contribution is -2.23. The molecule has 0 fully saturated rings. The number of nitrogens with zero attached hydrogens (tertiary/aromatic N) is 3. The second-order valence-electron chi connectivity index (χ2n) is 7.90. The van der Waals surface area contributed by atoms with Crippen LogP contribution in [0.25, 0.3) is 11.4 Å². The summed E-state index contributed by atoms with van der Waals surface area (Å²) in [6.07, 6.45) is 0. The summed E-state index contributed by atoms with van der Waals surface area (Å²) < 4.78 is 18.3. The average Bonchev–Trinajstić information content (AvgIpc) is 3.51. The molecule has 5 rings (SSSR count). The van der Waals surface area contributed by atoms with Crippen LogP contribution in [-0.4, -0.2) is 39.8 Å². The maximum atomic E-state index is 13.0. The number of fused-ring (bicyclic) bond motifs is 1. The molecule has 178 valence electrons. The minimum atomic E-state index is -0.428. The highest BCUT2D eigenvalue weighted by Gasteiger charge is 2.22. The van der Waals surface area contributed by atoms with Crippen LogP contribution in [0.1, 0.15) is 12.5 Å². The zero-order valence-corrected chi connectivity index (χ0v) is 20.1. The third kappa shape index (κ3) is 4.95. The number of rotatable bonds is 8. The largest absolute Gasteiger partial charge is 0.495 e. The third-order valence-corrected chi connectivity index (χ3v) is 6.62. The van der Waals surface area contributed by atoms with E-state index < -0.39 is 5.25 Å². The Morgan fingerprint density at radius 1 is 1.06 bits per heavy atom. The average molecular weight is 489 g/mol. The van der Waals surface area contributed by atoms with Crippen molar-refractivity contribution in [2.24, 2.45) is 0 Å². The molecule has 3 aromatic carbocycles. The van der Waals surface area contributed by atoms with E-state index in [-0.39, 0.29) is 12.7 Å². The standard InChI is InChI=1S/C26H24N4O4S/c1-17(25(31)27-20-10-6-7-11-21(20)32-2)35-26-29-28-24(19-8-4-3-5-9-19)30(26)15-18-12-13-22-23(14-18)34-16-33-22/h3-14,17H,15-16H2,1-2H3,(H,27,31)/t17-/m0/s1. The highest BCUT2D eigenvalue weighted by molar-refractivity contribution is 8.00. The van der Waals surface area contributed by atoms with Crippen molar-refractivity contribution in [2.75, 3.05) is 19.2 Å². The number of para-hydroxylation sites is 2. The smallest absolute Gasteiger partial charge is 0.237 e. The molecule has 0 aliphatic carbocycles. The van der Waals surface area contributed by atoms with E-state index in [9.17, 15) is 4.79 Å². The van der Waals surface area contributed by atoms with E-state index in [1.54, 1.807) is 7.11 Å². The number of carbonyl (C=O) groups is 1. The van der Waals surface area contributed by atoms with E-state index >= 15 is 0 Å². The number of methoxy groups -OCH3 is 1. The van der Waals surface area contributed by atoms with Gasteiger partial charge in [0.15, 0.2) is 22.5 Å². The molecule has 0 saturated heterocycles. The van der Waals surface area contributed by atoms with Crippen LogP contribution >= 0.6 is 11.8 Å². The summed E-state index contributed by atoms with van der Waals surface area (Å²) in [5, 5.41) is 12.1. The Bertz CT molecular complexity index is 1340. The molecule has 9 heteroatoms. The van der Waals surface area contributed by atoms with Crippen LogP contribution < -0.4 is 19.5 Å². The van der Waals surface area contributed by atoms with Crippen molar-refractivity contribution in [1.29, 1.82) is 0 Å². The van der Waals surface area contributed by atoms with Crippen LogP contribution in [0.2, 0.25) is 0 Å². The molecule has 1 amide bonds. The Morgan fingerprint density at radius 3 is 2.66 bits per heavy atom. The van der Waals surface area contributed by atoms with Crippen LogP contribution in [0.3, 0.4) is 0 Å². The number of ether oxygens (including phenoxy) is 3. The fourth-order valence-corrected chi connectivity index (χ4v) is 4.58. The maximum absolute atomic E-state index is 13.0. The van der Waals surface area contributed by atoms with Gasteiger partial charge in [0.2, 0.25) is 12.7 Å². The van der Waals surface area contributed by atoms with Gasteiger partial charge in [0.25, 0.3) is 0 Å². The predicted molar refractivity (Wildman–Crippen MR) is 134 cm³/mol. The van der Waals surface area contributed by atoms with Gasteiger partial charge in [-0.1, -0.05) is 60.3 Å². The highest BCUT2D eigenvalue weighted by Crippen LogP contribution is 2.34. The lowest BCUT2D eigenvalue weighted by Gasteiger charge is -2.15. The van der Waals surface area contributed by atoms with Crippen LogP contribution in [-0.2, 0) is 11.3 Å². The van der Waals surface area contributed by atoms with Crippen molar-refractivity contribution in [3.63, 3.8) is 0 Å². The SMILES string of the molecule is COc1ccccc1NC(=O)[C@H](C)Sc1nnc(-c2ccccc2)n1Cc1ccc2c(c1)OCO2. The number of amides is 1. The van der Waals surface area contributed by atoms with Gasteiger partial charge in [-0.15, -0.1) is 10.2 Å². The van der Waals surface area contributed by atoms with Crippen molar-refractivity contribution in [3.05, 3.63) is 78.4 Å². The number of hydrogen-bond acceptors (Lipinski definition) is 7. The molecule has 0 saturated carbocycles. The summed E-state index contributed by atoms with van der Waals surface area (Å²) in [4.78, 5) is 13.0. The molecular weight excluding hydrogens is 464 g/mol. The van der Waals surface area contributed by atoms with Crippen molar-refractivity contribution < 1.29 is 19.0 Å². The minimum Gasteiger partial charge on any atom is -0.495 e. The highest BCUT2D eigenvalue weighted by atomic mass is 32.2. The first-order valence-electron chi connectivity index (χ1n) is 11.1. The van der Waals surface area contributed by atoms with Gasteiger partial charge in [0.05, 0.1) is 24.6 Å². The summed E-state index contributed by atoms with van der Waals surface area (Å²) in [5.41, 5.74) is 2.58. The molecule has 1 atom stereocenters. The molecule has 1 aliphatic heterocycles. The van der Waals surface area contributed by atoms with Gasteiger partial charge < -0.3 is 19.5 Å². The zero-order chi connectivity index (χ0) is 24.2. The Balaban J connectivity index is 1.41. The Kier molecular flexibility index (Phi) is 6.58. The van der Waals surface area contributed by atoms with E-state index in [1.807, 2.05) is 84.3 Å². The monoisotopic (exact) mass is 488 g/mol. The number of carbonyl (C=O) groups excluding carboxylic acids is 1. The predicted octanol–water partition coefficient (Wildman–Crippen LogP) is 4.85. The second-order valence-corrected chi connectivity index (χ2v) is 9.20. The maximum Gasteiger partial charge on any atom is 0.237 e. The van der Waals surface area contributed by atoms with E-state index in [2.05, 4.69) is 15.5 Å². The van der Waals surface area contributed by atoms with Crippen LogP contribution in [0.4, 0.5) is 5.69 Å². The van der Waals surface area contributed by atoms with Crippen molar-refractivity contribution in [1.82, 2.24) is 14.8 Å². The van der Waals surface area contributed by atoms with Gasteiger partial charge in [0, 0.05) is 5.56 Å². The van der Waals surface area contributed by atoms with Crippen LogP contribution in [0.5, 0.6) is 17.2 Å². The van der Waals surface area contributed by atoms with E-state index in [4.69, 9.17) is 14.2 Å². The van der Waals surface area contributed by atoms with Gasteiger partial charge in [-0.25, -0.2) is 0 Å². The number of thioether (sulfide) groups is 1. The van der Waals surface area contributed by atoms with Crippen LogP contribution in [0.15, 0.2) is 78.0 Å². The Hall–Kier alpha value is -3.98. The molecule has 35 heavy (non-hydrogen) atoms. The molecule has 4 aromatic rings. The summed E-state index contributed by atoms with van der Waals surface area (Å²) in [7, 11) is 1.58. The first-order chi connectivity index (χ1) is 17.1. The van der Waals surface area contributed by atoms with Crippen molar-refractivity contribution >= 4 is 23.4 Å². The van der Waals surface area contributed by atoms with Crippen molar-refractivity contribution in [2.45, 2.75) is 23.9 Å². The molecule has 1 aliphatic rings. The summed E-state index contributed by atoms with van der Waals surface area (Å²) in [6.45, 7) is 2.58. The first kappa shape index (κ1) is 22.8. The van der Waals surface area contributed by atoms with Crippen molar-refractivity contribution in [3.8, 4) is 28.6 Å². The molecular formula is C26H24N4O4S. The molecule has 0 radical (unpaired) electrons. The fraction of sp³-hybridized carbons (Fsp3) is 0.192. The minimum absolute atomic E-state index is 0.154. The third-order valence-electron chi connectivity index (χ3n) is 5.54. The molecule has 0 spiro atoms. The van der Waals surface area contributed by atoms with Gasteiger partial charge in [0.1, 0.15) is 5.75 Å². The Morgan fingerprint density at radius 2 is 1.83 bits per heavy atom. The molecule has 0 bridgehead atoms. The van der Waals surface area contributed by atoms with Crippen LogP contribution in [0, 0.1) is 0 Å². The van der Waals surface area contributed by atoms with E-state index in [0.29, 0.717) is 23.1 Å². The number of benzene rings is 3. The number of aromatic nitrogens is 3. The lowest BCUT2D eigenvalue weighted by atomic mass is 10.2. The molecule has 1 aromatic heterocycles. The molecule has 0 unspecified atom stereocenters. The van der Waals surface area contributed by atoms with E-state index in [1.165, 1.54) is 11.8 Å². The number of hydrogen-bond donors (Lipinski definition) is 1. The molecule has 2 heterocycles. The second kappa shape index (κ2) is 10.1. The first-order valence-corrected chi connectivity index (χ1v) is 12.0. The topological polar surface area (TPSA) is 87.5 Å². The summed E-state index contributed by atoms with van der Waals surface area (Å²) >= 11 is 1.35. The molecule has 1 N–H and O–H groups in total. The van der Waals surface area contributed by atoms with Gasteiger partial charge >= 0.3 is 0 Å². The molecule has 8 nitrogen and oxygen atoms in total. The van der Waals surface area contributed by atoms with Gasteiger partial charge in [-0.3, -0.25) is 9.36 Å². The van der Waals surface area contributed by atoms with Gasteiger partial charge in [-0.2, -0.15) is 0 Å². The van der Waals surface area contributed by atoms with Gasteiger partial charge in [-0.05, 0) is 36.8 Å².